The lowest BCUT2D eigenvalue weighted by atomic mass is 10.0. The molecular weight excluding hydrogens is 287 g/mol. The first-order chi connectivity index (χ1) is 8.63. The number of rotatable bonds is 3. The summed E-state index contributed by atoms with van der Waals surface area (Å²) in [6, 6.07) is 5.76. The van der Waals surface area contributed by atoms with E-state index in [0.717, 1.165) is 24.4 Å². The minimum absolute atomic E-state index is 0.120. The van der Waals surface area contributed by atoms with Crippen LogP contribution in [0.4, 0.5) is 0 Å². The number of nitrogens with zero attached hydrogens (tertiary/aromatic N) is 1. The number of nitrogens with two attached hydrogens (primary N) is 1. The van der Waals surface area contributed by atoms with Gasteiger partial charge in [-0.25, -0.2) is 0 Å². The predicted molar refractivity (Wildman–Crippen MR) is 81.8 cm³/mol. The van der Waals surface area contributed by atoms with Crippen LogP contribution < -0.4 is 5.73 Å². The molecular formula is C13H18Cl2N2S. The fourth-order valence-electron chi connectivity index (χ4n) is 2.41. The fourth-order valence-corrected chi connectivity index (χ4v) is 4.10. The van der Waals surface area contributed by atoms with Crippen molar-refractivity contribution in [3.63, 3.8) is 0 Å². The summed E-state index contributed by atoms with van der Waals surface area (Å²) in [5, 5.41) is 2.06. The molecule has 0 spiro atoms. The molecule has 1 fully saturated rings. The van der Waals surface area contributed by atoms with Crippen molar-refractivity contribution in [3.8, 4) is 0 Å². The van der Waals surface area contributed by atoms with Crippen molar-refractivity contribution in [2.45, 2.75) is 18.2 Å². The summed E-state index contributed by atoms with van der Waals surface area (Å²) in [5.74, 6) is 1.14. The number of benzene rings is 1. The number of thioether (sulfide) groups is 1. The van der Waals surface area contributed by atoms with Gasteiger partial charge >= 0.3 is 0 Å². The molecule has 1 aliphatic rings. The Kier molecular flexibility index (Phi) is 5.22. The van der Waals surface area contributed by atoms with E-state index in [2.05, 4.69) is 11.8 Å². The summed E-state index contributed by atoms with van der Waals surface area (Å²) in [6.07, 6.45) is 0. The van der Waals surface area contributed by atoms with Crippen LogP contribution in [0.1, 0.15) is 18.5 Å². The van der Waals surface area contributed by atoms with Crippen LogP contribution in [0.5, 0.6) is 0 Å². The first-order valence-corrected chi connectivity index (χ1v) is 7.93. The molecule has 1 aliphatic heterocycles. The van der Waals surface area contributed by atoms with Gasteiger partial charge in [-0.3, -0.25) is 4.90 Å². The van der Waals surface area contributed by atoms with E-state index in [1.165, 1.54) is 0 Å². The monoisotopic (exact) mass is 304 g/mol. The van der Waals surface area contributed by atoms with Crippen molar-refractivity contribution in [1.82, 2.24) is 4.90 Å². The molecule has 0 amide bonds. The smallest absolute Gasteiger partial charge is 0.0500 e. The van der Waals surface area contributed by atoms with Gasteiger partial charge in [-0.2, -0.15) is 11.8 Å². The third-order valence-corrected chi connectivity index (χ3v) is 5.07. The van der Waals surface area contributed by atoms with Crippen LogP contribution in [0.15, 0.2) is 18.2 Å². The minimum atomic E-state index is 0.120. The zero-order valence-corrected chi connectivity index (χ0v) is 12.7. The van der Waals surface area contributed by atoms with Gasteiger partial charge in [0.2, 0.25) is 0 Å². The Bertz CT molecular complexity index is 394. The normalized spacial score (nSPS) is 23.0. The molecule has 0 radical (unpaired) electrons. The van der Waals surface area contributed by atoms with Crippen LogP contribution in [0.3, 0.4) is 0 Å². The highest BCUT2D eigenvalue weighted by Crippen LogP contribution is 2.35. The average Bonchev–Trinajstić information content (AvgIpc) is 2.34. The van der Waals surface area contributed by atoms with Gasteiger partial charge < -0.3 is 5.73 Å². The van der Waals surface area contributed by atoms with Crippen LogP contribution >= 0.6 is 35.0 Å². The molecule has 1 aromatic rings. The van der Waals surface area contributed by atoms with E-state index in [4.69, 9.17) is 28.9 Å². The quantitative estimate of drug-likeness (QED) is 0.927. The summed E-state index contributed by atoms with van der Waals surface area (Å²) in [7, 11) is 0. The Labute approximate surface area is 123 Å². The molecule has 1 aromatic carbocycles. The highest BCUT2D eigenvalue weighted by Gasteiger charge is 2.27. The minimum Gasteiger partial charge on any atom is -0.329 e. The van der Waals surface area contributed by atoms with E-state index < -0.39 is 0 Å². The van der Waals surface area contributed by atoms with E-state index in [1.807, 2.05) is 30.0 Å². The second kappa shape index (κ2) is 6.49. The zero-order valence-electron chi connectivity index (χ0n) is 10.4. The second-order valence-electron chi connectivity index (χ2n) is 4.56. The molecule has 100 valence electrons. The van der Waals surface area contributed by atoms with Gasteiger partial charge in [-0.1, -0.05) is 36.2 Å². The van der Waals surface area contributed by atoms with Crippen molar-refractivity contribution in [2.24, 2.45) is 5.73 Å². The highest BCUT2D eigenvalue weighted by molar-refractivity contribution is 7.99. The molecule has 1 heterocycles. The lowest BCUT2D eigenvalue weighted by molar-refractivity contribution is 0.211. The van der Waals surface area contributed by atoms with Crippen LogP contribution in [0.25, 0.3) is 0 Å². The lowest BCUT2D eigenvalue weighted by Gasteiger charge is -2.37. The van der Waals surface area contributed by atoms with E-state index in [9.17, 15) is 0 Å². The number of hydrogen-bond donors (Lipinski definition) is 1. The van der Waals surface area contributed by atoms with E-state index >= 15 is 0 Å². The summed E-state index contributed by atoms with van der Waals surface area (Å²) < 4.78 is 0. The summed E-state index contributed by atoms with van der Waals surface area (Å²) >= 11 is 14.6. The molecule has 1 saturated heterocycles. The Morgan fingerprint density at radius 3 is 2.67 bits per heavy atom. The molecule has 5 heteroatoms. The Hall–Kier alpha value is 0.0700. The molecule has 0 saturated carbocycles. The first-order valence-electron chi connectivity index (χ1n) is 6.13. The van der Waals surface area contributed by atoms with E-state index in [0.29, 0.717) is 21.8 Å². The molecule has 0 bridgehead atoms. The summed E-state index contributed by atoms with van der Waals surface area (Å²) in [6.45, 7) is 4.87. The standard InChI is InChI=1S/C13H18Cl2N2S/c1-9-8-17(5-6-18-9)12(7-16)13-10(14)3-2-4-11(13)15/h2-4,9,12H,5-8,16H2,1H3. The topological polar surface area (TPSA) is 29.3 Å². The Balaban J connectivity index is 2.27. The number of halogens is 2. The largest absolute Gasteiger partial charge is 0.329 e. The van der Waals surface area contributed by atoms with Gasteiger partial charge in [0.25, 0.3) is 0 Å². The van der Waals surface area contributed by atoms with Gasteiger partial charge in [0.1, 0.15) is 0 Å². The molecule has 2 atom stereocenters. The van der Waals surface area contributed by atoms with Gasteiger partial charge in [-0.15, -0.1) is 0 Å². The van der Waals surface area contributed by atoms with Crippen LogP contribution in [0.2, 0.25) is 10.0 Å². The third-order valence-electron chi connectivity index (χ3n) is 3.27. The van der Waals surface area contributed by atoms with E-state index in [-0.39, 0.29) is 6.04 Å². The fraction of sp³-hybridized carbons (Fsp3) is 0.538. The number of hydrogen-bond acceptors (Lipinski definition) is 3. The van der Waals surface area contributed by atoms with Gasteiger partial charge in [0.15, 0.2) is 0 Å². The van der Waals surface area contributed by atoms with Crippen molar-refractivity contribution >= 4 is 35.0 Å². The Morgan fingerprint density at radius 1 is 1.44 bits per heavy atom. The first kappa shape index (κ1) is 14.5. The maximum absolute atomic E-state index is 6.29. The molecule has 2 rings (SSSR count). The SMILES string of the molecule is CC1CN(C(CN)c2c(Cl)cccc2Cl)CCS1. The van der Waals surface area contributed by atoms with Crippen LogP contribution in [-0.4, -0.2) is 35.5 Å². The molecule has 18 heavy (non-hydrogen) atoms. The van der Waals surface area contributed by atoms with Crippen LogP contribution in [0, 0.1) is 0 Å². The second-order valence-corrected chi connectivity index (χ2v) is 6.92. The van der Waals surface area contributed by atoms with Crippen molar-refractivity contribution in [2.75, 3.05) is 25.4 Å². The summed E-state index contributed by atoms with van der Waals surface area (Å²) in [4.78, 5) is 2.40. The predicted octanol–water partition coefficient (Wildman–Crippen LogP) is 3.43. The van der Waals surface area contributed by atoms with Crippen LogP contribution in [-0.2, 0) is 0 Å². The summed E-state index contributed by atoms with van der Waals surface area (Å²) in [5.41, 5.74) is 6.93. The van der Waals surface area contributed by atoms with Gasteiger partial charge in [0, 0.05) is 46.2 Å². The maximum Gasteiger partial charge on any atom is 0.0500 e. The van der Waals surface area contributed by atoms with Gasteiger partial charge in [0.05, 0.1) is 6.04 Å². The molecule has 2 unspecified atom stereocenters. The molecule has 0 aliphatic carbocycles. The third kappa shape index (κ3) is 3.14. The van der Waals surface area contributed by atoms with Crippen molar-refractivity contribution in [1.29, 1.82) is 0 Å². The van der Waals surface area contributed by atoms with Crippen molar-refractivity contribution < 1.29 is 0 Å². The molecule has 2 nitrogen and oxygen atoms in total. The average molecular weight is 305 g/mol. The lowest BCUT2D eigenvalue weighted by Crippen LogP contribution is -2.42. The molecule has 0 aromatic heterocycles. The Morgan fingerprint density at radius 2 is 2.11 bits per heavy atom. The highest BCUT2D eigenvalue weighted by atomic mass is 35.5. The van der Waals surface area contributed by atoms with Crippen molar-refractivity contribution in [3.05, 3.63) is 33.8 Å². The van der Waals surface area contributed by atoms with E-state index in [1.54, 1.807) is 0 Å². The van der Waals surface area contributed by atoms with Gasteiger partial charge in [-0.05, 0) is 12.1 Å². The zero-order chi connectivity index (χ0) is 13.1. The molecule has 2 N–H and O–H groups in total. The maximum atomic E-state index is 6.29.